The van der Waals surface area contributed by atoms with Crippen molar-refractivity contribution in [1.82, 2.24) is 0 Å². The van der Waals surface area contributed by atoms with Gasteiger partial charge in [-0.3, -0.25) is 4.79 Å². The van der Waals surface area contributed by atoms with Gasteiger partial charge in [-0.15, -0.1) is 0 Å². The first-order chi connectivity index (χ1) is 10.1. The van der Waals surface area contributed by atoms with Gasteiger partial charge in [-0.2, -0.15) is 0 Å². The second-order valence-electron chi connectivity index (χ2n) is 4.53. The van der Waals surface area contributed by atoms with Crippen molar-refractivity contribution in [3.8, 4) is 0 Å². The zero-order chi connectivity index (χ0) is 15.2. The van der Waals surface area contributed by atoms with Gasteiger partial charge in [-0.05, 0) is 18.2 Å². The molecule has 6 nitrogen and oxygen atoms in total. The molecule has 0 amide bonds. The predicted molar refractivity (Wildman–Crippen MR) is 72.3 cm³/mol. The predicted octanol–water partition coefficient (Wildman–Crippen LogP) is 1.05. The minimum Gasteiger partial charge on any atom is -0.492 e. The van der Waals surface area contributed by atoms with Crippen molar-refractivity contribution in [1.29, 1.82) is 0 Å². The molecule has 1 aromatic rings. The first-order valence-electron chi connectivity index (χ1n) is 6.47. The lowest BCUT2D eigenvalue weighted by Crippen LogP contribution is -2.44. The zero-order valence-electron chi connectivity index (χ0n) is 11.5. The van der Waals surface area contributed by atoms with Crippen LogP contribution in [0.3, 0.4) is 0 Å². The number of benzene rings is 1. The summed E-state index contributed by atoms with van der Waals surface area (Å²) < 4.78 is 15.2. The summed E-state index contributed by atoms with van der Waals surface area (Å²) in [6.07, 6.45) is 0.0642. The van der Waals surface area contributed by atoms with Crippen molar-refractivity contribution in [3.05, 3.63) is 48.2 Å². The van der Waals surface area contributed by atoms with Crippen LogP contribution in [0.4, 0.5) is 0 Å². The number of carbonyl (C=O) groups excluding carboxylic acids is 2. The number of hydrogen-bond acceptors (Lipinski definition) is 6. The molecule has 112 valence electrons. The molecular formula is C15H16O6. The fourth-order valence-corrected chi connectivity index (χ4v) is 1.88. The average molecular weight is 292 g/mol. The van der Waals surface area contributed by atoms with Gasteiger partial charge in [0.1, 0.15) is 12.7 Å². The molecule has 21 heavy (non-hydrogen) atoms. The lowest BCUT2D eigenvalue weighted by Gasteiger charge is -2.30. The Bertz CT molecular complexity index is 524. The normalized spacial score (nSPS) is 24.0. The summed E-state index contributed by atoms with van der Waals surface area (Å²) in [5.74, 6) is -1.02. The molecule has 0 spiro atoms. The Kier molecular flexibility index (Phi) is 4.94. The number of aliphatic hydroxyl groups is 1. The Labute approximate surface area is 121 Å². The van der Waals surface area contributed by atoms with Crippen molar-refractivity contribution in [2.24, 2.45) is 0 Å². The van der Waals surface area contributed by atoms with Gasteiger partial charge in [0.2, 0.25) is 0 Å². The van der Waals surface area contributed by atoms with Gasteiger partial charge in [0.15, 0.2) is 12.2 Å². The molecule has 1 N–H and O–H groups in total. The van der Waals surface area contributed by atoms with Gasteiger partial charge in [-0.25, -0.2) is 4.79 Å². The van der Waals surface area contributed by atoms with Crippen LogP contribution in [0.2, 0.25) is 0 Å². The van der Waals surface area contributed by atoms with Crippen LogP contribution in [0.25, 0.3) is 0 Å². The third-order valence-corrected chi connectivity index (χ3v) is 2.93. The van der Waals surface area contributed by atoms with Crippen molar-refractivity contribution in [2.45, 2.75) is 25.2 Å². The zero-order valence-corrected chi connectivity index (χ0v) is 11.5. The molecule has 0 aliphatic carbocycles. The molecule has 1 aliphatic heterocycles. The molecule has 1 heterocycles. The molecule has 0 saturated heterocycles. The van der Waals surface area contributed by atoms with E-state index in [-0.39, 0.29) is 6.61 Å². The number of carbonyl (C=O) groups is 2. The lowest BCUT2D eigenvalue weighted by molar-refractivity contribution is -0.157. The van der Waals surface area contributed by atoms with E-state index in [0.29, 0.717) is 5.56 Å². The standard InChI is InChI=1S/C15H16O6/c1-10(16)21-12-7-8-19-13(14(12)17)9-20-15(18)11-5-3-2-4-6-11/h2-8,12-14,17H,9H2,1H3/t12-,13-,14+/m1/s1. The van der Waals surface area contributed by atoms with E-state index in [4.69, 9.17) is 14.2 Å². The molecular weight excluding hydrogens is 276 g/mol. The molecule has 3 atom stereocenters. The van der Waals surface area contributed by atoms with Crippen LogP contribution < -0.4 is 0 Å². The summed E-state index contributed by atoms with van der Waals surface area (Å²) in [7, 11) is 0. The van der Waals surface area contributed by atoms with E-state index in [1.807, 2.05) is 0 Å². The molecule has 0 radical (unpaired) electrons. The van der Waals surface area contributed by atoms with Gasteiger partial charge in [0.25, 0.3) is 0 Å². The summed E-state index contributed by atoms with van der Waals surface area (Å²) in [5, 5.41) is 10.0. The molecule has 0 bridgehead atoms. The van der Waals surface area contributed by atoms with Gasteiger partial charge in [-0.1, -0.05) is 18.2 Å². The van der Waals surface area contributed by atoms with Gasteiger partial charge >= 0.3 is 11.9 Å². The first kappa shape index (κ1) is 15.1. The monoisotopic (exact) mass is 292 g/mol. The number of esters is 2. The lowest BCUT2D eigenvalue weighted by atomic mass is 10.1. The third kappa shape index (κ3) is 4.06. The Hall–Kier alpha value is -2.34. The number of rotatable bonds is 4. The van der Waals surface area contributed by atoms with Crippen LogP contribution in [0, 0.1) is 0 Å². The van der Waals surface area contributed by atoms with Crippen LogP contribution in [0.15, 0.2) is 42.7 Å². The topological polar surface area (TPSA) is 82.1 Å². The molecule has 2 rings (SSSR count). The largest absolute Gasteiger partial charge is 0.492 e. The van der Waals surface area contributed by atoms with E-state index < -0.39 is 30.3 Å². The minimum atomic E-state index is -1.09. The Morgan fingerprint density at radius 1 is 1.29 bits per heavy atom. The maximum absolute atomic E-state index is 11.8. The summed E-state index contributed by atoms with van der Waals surface area (Å²) in [6, 6.07) is 8.49. The molecule has 0 fully saturated rings. The molecule has 1 aliphatic rings. The average Bonchev–Trinajstić information content (AvgIpc) is 2.48. The Balaban J connectivity index is 1.90. The van der Waals surface area contributed by atoms with E-state index in [1.54, 1.807) is 30.3 Å². The minimum absolute atomic E-state index is 0.142. The van der Waals surface area contributed by atoms with Crippen molar-refractivity contribution < 1.29 is 28.9 Å². The van der Waals surface area contributed by atoms with Crippen molar-refractivity contribution in [2.75, 3.05) is 6.61 Å². The third-order valence-electron chi connectivity index (χ3n) is 2.93. The van der Waals surface area contributed by atoms with E-state index in [0.717, 1.165) is 0 Å². The highest BCUT2D eigenvalue weighted by Gasteiger charge is 2.33. The van der Waals surface area contributed by atoms with Gasteiger partial charge < -0.3 is 19.3 Å². The summed E-state index contributed by atoms with van der Waals surface area (Å²) in [4.78, 5) is 22.7. The van der Waals surface area contributed by atoms with E-state index in [2.05, 4.69) is 0 Å². The second kappa shape index (κ2) is 6.90. The number of ether oxygens (including phenoxy) is 3. The number of aliphatic hydroxyl groups excluding tert-OH is 1. The van der Waals surface area contributed by atoms with Crippen LogP contribution in [-0.2, 0) is 19.0 Å². The van der Waals surface area contributed by atoms with Crippen LogP contribution in [-0.4, -0.2) is 42.0 Å². The SMILES string of the molecule is CC(=O)O[C@@H]1C=CO[C@H](COC(=O)c2ccccc2)[C@H]1O. The van der Waals surface area contributed by atoms with Gasteiger partial charge in [0.05, 0.1) is 11.8 Å². The fourth-order valence-electron chi connectivity index (χ4n) is 1.88. The van der Waals surface area contributed by atoms with E-state index in [9.17, 15) is 14.7 Å². The molecule has 0 aromatic heterocycles. The molecule has 6 heteroatoms. The van der Waals surface area contributed by atoms with Crippen molar-refractivity contribution >= 4 is 11.9 Å². The summed E-state index contributed by atoms with van der Waals surface area (Å²) in [6.45, 7) is 1.11. The molecule has 0 unspecified atom stereocenters. The van der Waals surface area contributed by atoms with Crippen molar-refractivity contribution in [3.63, 3.8) is 0 Å². The summed E-state index contributed by atoms with van der Waals surface area (Å²) >= 11 is 0. The Morgan fingerprint density at radius 2 is 2.00 bits per heavy atom. The highest BCUT2D eigenvalue weighted by molar-refractivity contribution is 5.89. The molecule has 1 aromatic carbocycles. The Morgan fingerprint density at radius 3 is 2.67 bits per heavy atom. The first-order valence-corrected chi connectivity index (χ1v) is 6.47. The van der Waals surface area contributed by atoms with Crippen LogP contribution >= 0.6 is 0 Å². The van der Waals surface area contributed by atoms with Gasteiger partial charge in [0, 0.05) is 6.92 Å². The molecule has 0 saturated carbocycles. The van der Waals surface area contributed by atoms with Crippen LogP contribution in [0.1, 0.15) is 17.3 Å². The van der Waals surface area contributed by atoms with E-state index in [1.165, 1.54) is 19.3 Å². The quantitative estimate of drug-likeness (QED) is 0.835. The maximum Gasteiger partial charge on any atom is 0.338 e. The highest BCUT2D eigenvalue weighted by Crippen LogP contribution is 2.16. The highest BCUT2D eigenvalue weighted by atomic mass is 16.6. The fraction of sp³-hybridized carbons (Fsp3) is 0.333. The summed E-state index contributed by atoms with van der Waals surface area (Å²) in [5.41, 5.74) is 0.412. The second-order valence-corrected chi connectivity index (χ2v) is 4.53. The van der Waals surface area contributed by atoms with Crippen LogP contribution in [0.5, 0.6) is 0 Å². The maximum atomic E-state index is 11.8. The smallest absolute Gasteiger partial charge is 0.338 e. The van der Waals surface area contributed by atoms with E-state index >= 15 is 0 Å². The number of hydrogen-bond donors (Lipinski definition) is 1.